The van der Waals surface area contributed by atoms with Crippen LogP contribution in [0.2, 0.25) is 0 Å². The molecule has 2 rings (SSSR count). The van der Waals surface area contributed by atoms with Crippen LogP contribution in [-0.4, -0.2) is 16.2 Å². The van der Waals surface area contributed by atoms with E-state index in [1.807, 2.05) is 33.1 Å². The number of carbonyl (C=O) groups is 1. The third-order valence-corrected chi connectivity index (χ3v) is 4.00. The molecule has 0 aromatic carbocycles. The molecule has 0 unspecified atom stereocenters. The summed E-state index contributed by atoms with van der Waals surface area (Å²) in [6.07, 6.45) is 1.72. The molecule has 20 heavy (non-hydrogen) atoms. The summed E-state index contributed by atoms with van der Waals surface area (Å²) in [5.74, 6) is 0.725. The molecule has 2 amide bonds. The van der Waals surface area contributed by atoms with Gasteiger partial charge in [-0.05, 0) is 27.7 Å². The minimum atomic E-state index is -0.236. The van der Waals surface area contributed by atoms with Crippen molar-refractivity contribution in [1.29, 1.82) is 0 Å². The molecule has 0 aliphatic heterocycles. The maximum Gasteiger partial charge on any atom is 0.315 e. The van der Waals surface area contributed by atoms with Gasteiger partial charge in [0.25, 0.3) is 0 Å². The Morgan fingerprint density at radius 1 is 1.30 bits per heavy atom. The van der Waals surface area contributed by atoms with E-state index in [9.17, 15) is 4.79 Å². The molecule has 7 heteroatoms. The van der Waals surface area contributed by atoms with Crippen molar-refractivity contribution in [2.45, 2.75) is 39.8 Å². The lowest BCUT2D eigenvalue weighted by Crippen LogP contribution is -2.38. The lowest BCUT2D eigenvalue weighted by molar-refractivity contribution is 0.235. The molecule has 0 aliphatic carbocycles. The molecule has 2 aromatic heterocycles. The van der Waals surface area contributed by atoms with Crippen molar-refractivity contribution in [3.63, 3.8) is 0 Å². The molecule has 0 aliphatic rings. The molecule has 2 heterocycles. The Morgan fingerprint density at radius 3 is 2.55 bits per heavy atom. The van der Waals surface area contributed by atoms with E-state index in [4.69, 9.17) is 4.52 Å². The maximum absolute atomic E-state index is 12.0. The van der Waals surface area contributed by atoms with Crippen LogP contribution in [0, 0.1) is 13.8 Å². The molecule has 2 N–H and O–H groups in total. The van der Waals surface area contributed by atoms with Gasteiger partial charge in [-0.3, -0.25) is 0 Å². The minimum Gasteiger partial charge on any atom is -0.361 e. The Labute approximate surface area is 121 Å². The van der Waals surface area contributed by atoms with Crippen molar-refractivity contribution in [1.82, 2.24) is 20.8 Å². The first kappa shape index (κ1) is 14.5. The van der Waals surface area contributed by atoms with E-state index in [0.29, 0.717) is 0 Å². The molecular formula is C13H18N4O2S. The van der Waals surface area contributed by atoms with Crippen LogP contribution in [0.5, 0.6) is 0 Å². The summed E-state index contributed by atoms with van der Waals surface area (Å²) in [5.41, 5.74) is 1.71. The van der Waals surface area contributed by atoms with Crippen LogP contribution in [0.25, 0.3) is 0 Å². The van der Waals surface area contributed by atoms with Crippen LogP contribution < -0.4 is 10.6 Å². The Kier molecular flexibility index (Phi) is 4.39. The van der Waals surface area contributed by atoms with Crippen molar-refractivity contribution in [3.8, 4) is 0 Å². The fraction of sp³-hybridized carbons (Fsp3) is 0.462. The molecule has 0 radical (unpaired) electrons. The number of nitrogens with zero attached hydrogens (tertiary/aromatic N) is 2. The second-order valence-electron chi connectivity index (χ2n) is 4.67. The average Bonchev–Trinajstić information content (AvgIpc) is 2.99. The van der Waals surface area contributed by atoms with E-state index in [2.05, 4.69) is 20.8 Å². The first-order chi connectivity index (χ1) is 9.49. The van der Waals surface area contributed by atoms with Gasteiger partial charge in [0.05, 0.1) is 17.8 Å². The van der Waals surface area contributed by atoms with Gasteiger partial charge in [0, 0.05) is 17.1 Å². The molecule has 2 atom stereocenters. The van der Waals surface area contributed by atoms with Crippen LogP contribution in [0.3, 0.4) is 0 Å². The minimum absolute atomic E-state index is 0.119. The number of hydrogen-bond acceptors (Lipinski definition) is 5. The molecule has 0 saturated carbocycles. The van der Waals surface area contributed by atoms with Gasteiger partial charge in [0.1, 0.15) is 10.8 Å². The first-order valence-corrected chi connectivity index (χ1v) is 7.26. The largest absolute Gasteiger partial charge is 0.361 e. The molecule has 108 valence electrons. The van der Waals surface area contributed by atoms with Crippen molar-refractivity contribution in [2.75, 3.05) is 0 Å². The highest BCUT2D eigenvalue weighted by Crippen LogP contribution is 2.21. The fourth-order valence-electron chi connectivity index (χ4n) is 2.13. The monoisotopic (exact) mass is 294 g/mol. The number of nitrogens with one attached hydrogen (secondary N) is 2. The Bertz CT molecular complexity index is 560. The predicted octanol–water partition coefficient (Wildman–Crippen LogP) is 2.87. The standard InChI is InChI=1S/C13H18N4O2S/c1-7(11-8(2)17-19-10(11)4)15-13(18)16-9(3)12-14-5-6-20-12/h5-7,9H,1-4H3,(H2,15,16,18)/t7-,9+/m0/s1. The highest BCUT2D eigenvalue weighted by molar-refractivity contribution is 7.09. The van der Waals surface area contributed by atoms with Gasteiger partial charge in [0.15, 0.2) is 0 Å². The van der Waals surface area contributed by atoms with E-state index < -0.39 is 0 Å². The summed E-state index contributed by atoms with van der Waals surface area (Å²) in [6, 6.07) is -0.517. The zero-order valence-electron chi connectivity index (χ0n) is 11.9. The lowest BCUT2D eigenvalue weighted by atomic mass is 10.1. The summed E-state index contributed by atoms with van der Waals surface area (Å²) in [7, 11) is 0. The van der Waals surface area contributed by atoms with Crippen molar-refractivity contribution in [3.05, 3.63) is 33.6 Å². The molecule has 2 aromatic rings. The van der Waals surface area contributed by atoms with E-state index >= 15 is 0 Å². The van der Waals surface area contributed by atoms with Crippen molar-refractivity contribution < 1.29 is 9.32 Å². The number of rotatable bonds is 4. The number of aromatic nitrogens is 2. The first-order valence-electron chi connectivity index (χ1n) is 6.38. The van der Waals surface area contributed by atoms with Crippen LogP contribution in [0.4, 0.5) is 4.79 Å². The number of aryl methyl sites for hydroxylation is 2. The van der Waals surface area contributed by atoms with E-state index in [1.165, 1.54) is 11.3 Å². The zero-order chi connectivity index (χ0) is 14.7. The molecule has 0 saturated heterocycles. The number of carbonyl (C=O) groups excluding carboxylic acids is 1. The Balaban J connectivity index is 1.95. The van der Waals surface area contributed by atoms with E-state index in [0.717, 1.165) is 22.0 Å². The topological polar surface area (TPSA) is 80.0 Å². The number of amides is 2. The third-order valence-electron chi connectivity index (χ3n) is 3.04. The predicted molar refractivity (Wildman–Crippen MR) is 76.6 cm³/mol. The van der Waals surface area contributed by atoms with Gasteiger partial charge < -0.3 is 15.2 Å². The van der Waals surface area contributed by atoms with Gasteiger partial charge >= 0.3 is 6.03 Å². The average molecular weight is 294 g/mol. The molecule has 0 bridgehead atoms. The Morgan fingerprint density at radius 2 is 2.00 bits per heavy atom. The number of hydrogen-bond donors (Lipinski definition) is 2. The Hall–Kier alpha value is -1.89. The molecule has 6 nitrogen and oxygen atoms in total. The second-order valence-corrected chi connectivity index (χ2v) is 5.60. The smallest absolute Gasteiger partial charge is 0.315 e. The zero-order valence-corrected chi connectivity index (χ0v) is 12.7. The maximum atomic E-state index is 12.0. The number of thiazole rings is 1. The lowest BCUT2D eigenvalue weighted by Gasteiger charge is -2.17. The molecule has 0 fully saturated rings. The van der Waals surface area contributed by atoms with Crippen LogP contribution in [-0.2, 0) is 0 Å². The second kappa shape index (κ2) is 6.04. The van der Waals surface area contributed by atoms with E-state index in [1.54, 1.807) is 6.20 Å². The fourth-order valence-corrected chi connectivity index (χ4v) is 2.77. The highest BCUT2D eigenvalue weighted by Gasteiger charge is 2.19. The molecular weight excluding hydrogens is 276 g/mol. The molecule has 0 spiro atoms. The summed E-state index contributed by atoms with van der Waals surface area (Å²) in [5, 5.41) is 12.4. The quantitative estimate of drug-likeness (QED) is 0.908. The third kappa shape index (κ3) is 3.16. The van der Waals surface area contributed by atoms with Crippen LogP contribution in [0.15, 0.2) is 16.1 Å². The summed E-state index contributed by atoms with van der Waals surface area (Å²) >= 11 is 1.52. The SMILES string of the molecule is Cc1noc(C)c1[C@H](C)NC(=O)N[C@H](C)c1nccs1. The highest BCUT2D eigenvalue weighted by atomic mass is 32.1. The number of urea groups is 1. The van der Waals surface area contributed by atoms with Gasteiger partial charge in [-0.2, -0.15) is 0 Å². The van der Waals surface area contributed by atoms with Crippen molar-refractivity contribution >= 4 is 17.4 Å². The summed E-state index contributed by atoms with van der Waals surface area (Å²) in [4.78, 5) is 16.2. The van der Waals surface area contributed by atoms with Gasteiger partial charge in [-0.15, -0.1) is 11.3 Å². The summed E-state index contributed by atoms with van der Waals surface area (Å²) in [6.45, 7) is 7.50. The van der Waals surface area contributed by atoms with E-state index in [-0.39, 0.29) is 18.1 Å². The van der Waals surface area contributed by atoms with Crippen molar-refractivity contribution in [2.24, 2.45) is 0 Å². The van der Waals surface area contributed by atoms with Gasteiger partial charge in [0.2, 0.25) is 0 Å². The van der Waals surface area contributed by atoms with Crippen LogP contribution in [0.1, 0.15) is 48.0 Å². The van der Waals surface area contributed by atoms with Gasteiger partial charge in [-0.1, -0.05) is 5.16 Å². The summed E-state index contributed by atoms with van der Waals surface area (Å²) < 4.78 is 5.11. The van der Waals surface area contributed by atoms with Crippen LogP contribution >= 0.6 is 11.3 Å². The normalized spacial score (nSPS) is 13.8. The van der Waals surface area contributed by atoms with Gasteiger partial charge in [-0.25, -0.2) is 9.78 Å².